The first-order valence-corrected chi connectivity index (χ1v) is 6.47. The zero-order chi connectivity index (χ0) is 16.1. The van der Waals surface area contributed by atoms with E-state index >= 15 is 0 Å². The monoisotopic (exact) mass is 305 g/mol. The molecule has 0 heterocycles. The van der Waals surface area contributed by atoms with Crippen LogP contribution < -0.4 is 10.1 Å². The van der Waals surface area contributed by atoms with E-state index in [1.54, 1.807) is 31.2 Å². The molecule has 114 valence electrons. The molecule has 1 amide bonds. The fourth-order valence-corrected chi connectivity index (χ4v) is 1.72. The first kappa shape index (κ1) is 15.6. The van der Waals surface area contributed by atoms with Crippen LogP contribution in [0.5, 0.6) is 5.75 Å². The van der Waals surface area contributed by atoms with Gasteiger partial charge in [-0.05, 0) is 36.8 Å². The van der Waals surface area contributed by atoms with E-state index < -0.39 is 23.5 Å². The summed E-state index contributed by atoms with van der Waals surface area (Å²) in [5.74, 6) is -3.13. The molecule has 0 atom stereocenters. The SMILES string of the molecule is Cc1ccccc1OC(=O)CNC(=O)c1ccc(F)c(F)c1. The number of nitrogens with one attached hydrogen (secondary N) is 1. The van der Waals surface area contributed by atoms with Crippen LogP contribution in [0.15, 0.2) is 42.5 Å². The third kappa shape index (κ3) is 3.88. The Bertz CT molecular complexity index is 716. The van der Waals surface area contributed by atoms with Gasteiger partial charge in [0.15, 0.2) is 11.6 Å². The van der Waals surface area contributed by atoms with Crippen molar-refractivity contribution in [1.29, 1.82) is 0 Å². The fourth-order valence-electron chi connectivity index (χ4n) is 1.72. The lowest BCUT2D eigenvalue weighted by atomic mass is 10.2. The van der Waals surface area contributed by atoms with Crippen molar-refractivity contribution in [1.82, 2.24) is 5.32 Å². The number of halogens is 2. The second kappa shape index (κ2) is 6.80. The number of carbonyl (C=O) groups excluding carboxylic acids is 2. The Hall–Kier alpha value is -2.76. The molecule has 0 fully saturated rings. The minimum absolute atomic E-state index is 0.0809. The summed E-state index contributed by atoms with van der Waals surface area (Å²) in [5.41, 5.74) is 0.699. The van der Waals surface area contributed by atoms with Crippen LogP contribution in [0.4, 0.5) is 8.78 Å². The van der Waals surface area contributed by atoms with Gasteiger partial charge in [-0.1, -0.05) is 18.2 Å². The molecule has 0 aliphatic heterocycles. The Morgan fingerprint density at radius 2 is 1.82 bits per heavy atom. The topological polar surface area (TPSA) is 55.4 Å². The maximum atomic E-state index is 13.0. The van der Waals surface area contributed by atoms with Gasteiger partial charge in [-0.3, -0.25) is 4.79 Å². The van der Waals surface area contributed by atoms with Gasteiger partial charge in [-0.2, -0.15) is 0 Å². The summed E-state index contributed by atoms with van der Waals surface area (Å²) in [6.45, 7) is 1.40. The summed E-state index contributed by atoms with van der Waals surface area (Å²) < 4.78 is 30.9. The maximum Gasteiger partial charge on any atom is 0.330 e. The zero-order valence-corrected chi connectivity index (χ0v) is 11.7. The van der Waals surface area contributed by atoms with E-state index in [-0.39, 0.29) is 12.1 Å². The number of hydrogen-bond donors (Lipinski definition) is 1. The van der Waals surface area contributed by atoms with Crippen LogP contribution in [0.25, 0.3) is 0 Å². The van der Waals surface area contributed by atoms with E-state index in [1.807, 2.05) is 0 Å². The van der Waals surface area contributed by atoms with Gasteiger partial charge in [0.2, 0.25) is 0 Å². The smallest absolute Gasteiger partial charge is 0.330 e. The number of rotatable bonds is 4. The molecule has 22 heavy (non-hydrogen) atoms. The molecule has 2 aromatic carbocycles. The third-order valence-electron chi connectivity index (χ3n) is 2.89. The number of esters is 1. The lowest BCUT2D eigenvalue weighted by Crippen LogP contribution is -2.32. The Balaban J connectivity index is 1.92. The molecule has 0 bridgehead atoms. The summed E-state index contributed by atoms with van der Waals surface area (Å²) in [6.07, 6.45) is 0. The number of hydrogen-bond acceptors (Lipinski definition) is 3. The summed E-state index contributed by atoms with van der Waals surface area (Å²) in [7, 11) is 0. The molecule has 0 spiro atoms. The van der Waals surface area contributed by atoms with Gasteiger partial charge >= 0.3 is 5.97 Å². The molecular formula is C16H13F2NO3. The molecule has 4 nitrogen and oxygen atoms in total. The van der Waals surface area contributed by atoms with Crippen LogP contribution in [0.1, 0.15) is 15.9 Å². The molecule has 0 aromatic heterocycles. The van der Waals surface area contributed by atoms with Gasteiger partial charge in [0.25, 0.3) is 5.91 Å². The van der Waals surface area contributed by atoms with Crippen molar-refractivity contribution in [3.8, 4) is 5.75 Å². The van der Waals surface area contributed by atoms with Crippen molar-refractivity contribution in [2.45, 2.75) is 6.92 Å². The Kier molecular flexibility index (Phi) is 4.83. The van der Waals surface area contributed by atoms with E-state index in [1.165, 1.54) is 0 Å². The first-order chi connectivity index (χ1) is 10.5. The van der Waals surface area contributed by atoms with Gasteiger partial charge < -0.3 is 10.1 Å². The van der Waals surface area contributed by atoms with E-state index in [0.29, 0.717) is 5.75 Å². The molecule has 0 unspecified atom stereocenters. The molecular weight excluding hydrogens is 292 g/mol. The molecule has 0 saturated carbocycles. The van der Waals surface area contributed by atoms with E-state index in [2.05, 4.69) is 5.32 Å². The van der Waals surface area contributed by atoms with Crippen LogP contribution >= 0.6 is 0 Å². The standard InChI is InChI=1S/C16H13F2NO3/c1-10-4-2-3-5-14(10)22-15(20)9-19-16(21)11-6-7-12(17)13(18)8-11/h2-8H,9H2,1H3,(H,19,21). The highest BCUT2D eigenvalue weighted by molar-refractivity contribution is 5.96. The van der Waals surface area contributed by atoms with Gasteiger partial charge in [0.1, 0.15) is 12.3 Å². The van der Waals surface area contributed by atoms with Crippen molar-refractivity contribution in [3.63, 3.8) is 0 Å². The number of benzene rings is 2. The van der Waals surface area contributed by atoms with Crippen LogP contribution in [0.3, 0.4) is 0 Å². The van der Waals surface area contributed by atoms with Gasteiger partial charge in [-0.15, -0.1) is 0 Å². The maximum absolute atomic E-state index is 13.0. The second-order valence-electron chi connectivity index (χ2n) is 4.55. The van der Waals surface area contributed by atoms with Crippen molar-refractivity contribution in [3.05, 3.63) is 65.2 Å². The highest BCUT2D eigenvalue weighted by Gasteiger charge is 2.12. The largest absolute Gasteiger partial charge is 0.425 e. The Morgan fingerprint density at radius 1 is 1.09 bits per heavy atom. The van der Waals surface area contributed by atoms with Gasteiger partial charge in [0, 0.05) is 5.56 Å². The molecule has 2 aromatic rings. The lowest BCUT2D eigenvalue weighted by molar-refractivity contribution is -0.133. The van der Waals surface area contributed by atoms with Crippen molar-refractivity contribution >= 4 is 11.9 Å². The number of para-hydroxylation sites is 1. The highest BCUT2D eigenvalue weighted by atomic mass is 19.2. The minimum Gasteiger partial charge on any atom is -0.425 e. The lowest BCUT2D eigenvalue weighted by Gasteiger charge is -2.08. The molecule has 0 saturated heterocycles. The van der Waals surface area contributed by atoms with Crippen molar-refractivity contribution in [2.75, 3.05) is 6.54 Å². The molecule has 1 N–H and O–H groups in total. The van der Waals surface area contributed by atoms with Crippen LogP contribution in [0.2, 0.25) is 0 Å². The summed E-state index contributed by atoms with van der Waals surface area (Å²) in [6, 6.07) is 9.66. The van der Waals surface area contributed by atoms with E-state index in [9.17, 15) is 18.4 Å². The van der Waals surface area contributed by atoms with Gasteiger partial charge in [0.05, 0.1) is 0 Å². The Labute approximate surface area is 125 Å². The summed E-state index contributed by atoms with van der Waals surface area (Å²) in [5, 5.41) is 2.28. The molecule has 2 rings (SSSR count). The summed E-state index contributed by atoms with van der Waals surface area (Å²) in [4.78, 5) is 23.4. The van der Waals surface area contributed by atoms with Crippen molar-refractivity contribution in [2.24, 2.45) is 0 Å². The third-order valence-corrected chi connectivity index (χ3v) is 2.89. The predicted octanol–water partition coefficient (Wildman–Crippen LogP) is 2.61. The molecule has 0 radical (unpaired) electrons. The zero-order valence-electron chi connectivity index (χ0n) is 11.7. The summed E-state index contributed by atoms with van der Waals surface area (Å²) >= 11 is 0. The Morgan fingerprint density at radius 3 is 2.50 bits per heavy atom. The fraction of sp³-hybridized carbons (Fsp3) is 0.125. The molecule has 0 aliphatic rings. The molecule has 0 aliphatic carbocycles. The average Bonchev–Trinajstić information content (AvgIpc) is 2.50. The normalized spacial score (nSPS) is 10.1. The number of aryl methyl sites for hydroxylation is 1. The van der Waals surface area contributed by atoms with Crippen LogP contribution in [-0.2, 0) is 4.79 Å². The van der Waals surface area contributed by atoms with E-state index in [0.717, 1.165) is 23.8 Å². The molecule has 6 heteroatoms. The average molecular weight is 305 g/mol. The first-order valence-electron chi connectivity index (χ1n) is 6.47. The predicted molar refractivity (Wildman–Crippen MR) is 75.5 cm³/mol. The van der Waals surface area contributed by atoms with Crippen LogP contribution in [-0.4, -0.2) is 18.4 Å². The number of amides is 1. The highest BCUT2D eigenvalue weighted by Crippen LogP contribution is 2.16. The van der Waals surface area contributed by atoms with Gasteiger partial charge in [-0.25, -0.2) is 13.6 Å². The van der Waals surface area contributed by atoms with Crippen molar-refractivity contribution < 1.29 is 23.1 Å². The van der Waals surface area contributed by atoms with Crippen LogP contribution in [0, 0.1) is 18.6 Å². The number of ether oxygens (including phenoxy) is 1. The van der Waals surface area contributed by atoms with E-state index in [4.69, 9.17) is 4.74 Å². The minimum atomic E-state index is -1.13. The number of carbonyl (C=O) groups is 2. The quantitative estimate of drug-likeness (QED) is 0.698. The second-order valence-corrected chi connectivity index (χ2v) is 4.55.